The maximum absolute atomic E-state index is 11.1. The fraction of sp³-hybridized carbons (Fsp3) is 0.294. The maximum Gasteiger partial charge on any atom is 0.354 e. The molecule has 1 saturated carbocycles. The van der Waals surface area contributed by atoms with Gasteiger partial charge >= 0.3 is 5.97 Å². The van der Waals surface area contributed by atoms with Gasteiger partial charge < -0.3 is 10.0 Å². The largest absolute Gasteiger partial charge is 0.477 e. The van der Waals surface area contributed by atoms with Crippen LogP contribution in [0.3, 0.4) is 0 Å². The van der Waals surface area contributed by atoms with Crippen molar-refractivity contribution in [3.05, 3.63) is 59.3 Å². The van der Waals surface area contributed by atoms with E-state index in [1.807, 2.05) is 6.07 Å². The molecule has 0 unspecified atom stereocenters. The molecule has 1 aliphatic heterocycles. The summed E-state index contributed by atoms with van der Waals surface area (Å²) in [6.07, 6.45) is 2.41. The zero-order chi connectivity index (χ0) is 14.4. The lowest BCUT2D eigenvalue weighted by Gasteiger charge is -2.36. The zero-order valence-electron chi connectivity index (χ0n) is 11.6. The van der Waals surface area contributed by atoms with E-state index in [4.69, 9.17) is 5.11 Å². The van der Waals surface area contributed by atoms with Crippen molar-refractivity contribution in [2.45, 2.75) is 24.8 Å². The van der Waals surface area contributed by atoms with Crippen LogP contribution in [0.25, 0.3) is 0 Å². The third-order valence-corrected chi connectivity index (χ3v) is 4.57. The van der Waals surface area contributed by atoms with Gasteiger partial charge in [-0.3, -0.25) is 0 Å². The molecule has 0 saturated heterocycles. The van der Waals surface area contributed by atoms with Crippen LogP contribution in [0.4, 0.5) is 5.82 Å². The summed E-state index contributed by atoms with van der Waals surface area (Å²) in [7, 11) is 0. The van der Waals surface area contributed by atoms with Gasteiger partial charge in [0.15, 0.2) is 5.69 Å². The van der Waals surface area contributed by atoms with Gasteiger partial charge in [0.2, 0.25) is 0 Å². The van der Waals surface area contributed by atoms with Gasteiger partial charge in [-0.2, -0.15) is 0 Å². The third-order valence-electron chi connectivity index (χ3n) is 4.57. The molecule has 0 bridgehead atoms. The van der Waals surface area contributed by atoms with E-state index in [1.54, 1.807) is 6.07 Å². The summed E-state index contributed by atoms with van der Waals surface area (Å²) in [5.74, 6) is -0.217. The van der Waals surface area contributed by atoms with Crippen LogP contribution in [0.15, 0.2) is 42.5 Å². The summed E-state index contributed by atoms with van der Waals surface area (Å²) in [5, 5.41) is 9.10. The van der Waals surface area contributed by atoms with Crippen molar-refractivity contribution in [2.24, 2.45) is 0 Å². The molecule has 0 amide bonds. The molecule has 2 aliphatic rings. The molecular formula is C17H16N2O2. The monoisotopic (exact) mass is 280 g/mol. The summed E-state index contributed by atoms with van der Waals surface area (Å²) in [6, 6.07) is 13.8. The average molecular weight is 280 g/mol. The van der Waals surface area contributed by atoms with E-state index in [1.165, 1.54) is 30.0 Å². The van der Waals surface area contributed by atoms with Crippen molar-refractivity contribution in [1.82, 2.24) is 4.98 Å². The van der Waals surface area contributed by atoms with Gasteiger partial charge in [0.1, 0.15) is 5.82 Å². The summed E-state index contributed by atoms with van der Waals surface area (Å²) < 4.78 is 0. The number of anilines is 1. The van der Waals surface area contributed by atoms with E-state index in [0.717, 1.165) is 18.9 Å². The first-order valence-electron chi connectivity index (χ1n) is 7.22. The van der Waals surface area contributed by atoms with Gasteiger partial charge in [-0.05, 0) is 36.1 Å². The molecule has 1 aromatic carbocycles. The van der Waals surface area contributed by atoms with Crippen LogP contribution in [-0.4, -0.2) is 22.6 Å². The van der Waals surface area contributed by atoms with Crippen LogP contribution in [-0.2, 0) is 12.0 Å². The number of carboxylic acids is 1. The number of carbonyl (C=O) groups is 1. The number of aromatic carboxylic acids is 1. The molecule has 21 heavy (non-hydrogen) atoms. The van der Waals surface area contributed by atoms with Crippen molar-refractivity contribution < 1.29 is 9.90 Å². The first-order valence-corrected chi connectivity index (χ1v) is 7.22. The number of hydrogen-bond donors (Lipinski definition) is 1. The lowest BCUT2D eigenvalue weighted by molar-refractivity contribution is 0.0690. The van der Waals surface area contributed by atoms with E-state index in [9.17, 15) is 4.79 Å². The highest BCUT2D eigenvalue weighted by Gasteiger charge is 2.49. The summed E-state index contributed by atoms with van der Waals surface area (Å²) >= 11 is 0. The molecular weight excluding hydrogens is 264 g/mol. The Morgan fingerprint density at radius 2 is 1.95 bits per heavy atom. The summed E-state index contributed by atoms with van der Waals surface area (Å²) in [6.45, 7) is 1.73. The number of fused-ring (bicyclic) bond motifs is 2. The molecule has 1 aromatic heterocycles. The molecule has 1 fully saturated rings. The van der Waals surface area contributed by atoms with Crippen molar-refractivity contribution in [1.29, 1.82) is 0 Å². The van der Waals surface area contributed by atoms with E-state index >= 15 is 0 Å². The number of pyridine rings is 1. The molecule has 1 spiro atoms. The Hall–Kier alpha value is -2.36. The smallest absolute Gasteiger partial charge is 0.354 e. The Labute approximate surface area is 123 Å². The van der Waals surface area contributed by atoms with Crippen LogP contribution in [0, 0.1) is 0 Å². The highest BCUT2D eigenvalue weighted by Crippen LogP contribution is 2.52. The number of hydrogen-bond acceptors (Lipinski definition) is 3. The Balaban J connectivity index is 1.72. The molecule has 4 rings (SSSR count). The van der Waals surface area contributed by atoms with E-state index < -0.39 is 5.97 Å². The number of benzene rings is 1. The molecule has 4 nitrogen and oxygen atoms in total. The van der Waals surface area contributed by atoms with Crippen molar-refractivity contribution in [2.75, 3.05) is 11.4 Å². The van der Waals surface area contributed by atoms with Crippen LogP contribution >= 0.6 is 0 Å². The topological polar surface area (TPSA) is 53.4 Å². The van der Waals surface area contributed by atoms with Crippen molar-refractivity contribution in [3.8, 4) is 0 Å². The lowest BCUT2D eigenvalue weighted by atomic mass is 9.87. The fourth-order valence-electron chi connectivity index (χ4n) is 3.35. The number of nitrogens with zero attached hydrogens (tertiary/aromatic N) is 2. The number of aromatic nitrogens is 1. The SMILES string of the molecule is O=C(O)c1cccc(N2Cc3ccccc3C3(CC3)C2)n1. The first kappa shape index (κ1) is 12.4. The molecule has 106 valence electrons. The molecule has 1 aliphatic carbocycles. The second-order valence-corrected chi connectivity index (χ2v) is 5.98. The predicted molar refractivity (Wildman–Crippen MR) is 79.6 cm³/mol. The summed E-state index contributed by atoms with van der Waals surface area (Å²) in [4.78, 5) is 17.6. The second kappa shape index (κ2) is 4.32. The van der Waals surface area contributed by atoms with Gasteiger partial charge in [-0.15, -0.1) is 0 Å². The van der Waals surface area contributed by atoms with Gasteiger partial charge in [-0.1, -0.05) is 30.3 Å². The molecule has 1 N–H and O–H groups in total. The molecule has 4 heteroatoms. The standard InChI is InChI=1S/C17H16N2O2/c20-16(21)14-6-3-7-15(18-14)19-10-12-4-1-2-5-13(12)17(11-19)8-9-17/h1-7H,8-11H2,(H,20,21). The Bertz CT molecular complexity index is 722. The Morgan fingerprint density at radius 1 is 1.14 bits per heavy atom. The van der Waals surface area contributed by atoms with Gasteiger partial charge in [0, 0.05) is 18.5 Å². The number of carboxylic acid groups (broad SMARTS) is 1. The molecule has 2 heterocycles. The van der Waals surface area contributed by atoms with Gasteiger partial charge in [0.05, 0.1) is 0 Å². The number of rotatable bonds is 2. The third kappa shape index (κ3) is 1.98. The molecule has 0 atom stereocenters. The molecule has 0 radical (unpaired) electrons. The van der Waals surface area contributed by atoms with Crippen molar-refractivity contribution in [3.63, 3.8) is 0 Å². The normalized spacial score (nSPS) is 18.4. The molecule has 2 aromatic rings. The highest BCUT2D eigenvalue weighted by molar-refractivity contribution is 5.85. The predicted octanol–water partition coefficient (Wildman–Crippen LogP) is 2.83. The summed E-state index contributed by atoms with van der Waals surface area (Å²) in [5.41, 5.74) is 3.17. The highest BCUT2D eigenvalue weighted by atomic mass is 16.4. The first-order chi connectivity index (χ1) is 10.2. The van der Waals surface area contributed by atoms with Gasteiger partial charge in [0.25, 0.3) is 0 Å². The minimum atomic E-state index is -0.976. The van der Waals surface area contributed by atoms with E-state index in [0.29, 0.717) is 0 Å². The zero-order valence-corrected chi connectivity index (χ0v) is 11.6. The van der Waals surface area contributed by atoms with E-state index in [2.05, 4.69) is 34.1 Å². The Morgan fingerprint density at radius 3 is 2.71 bits per heavy atom. The van der Waals surface area contributed by atoms with Gasteiger partial charge in [-0.25, -0.2) is 9.78 Å². The Kier molecular flexibility index (Phi) is 2.55. The van der Waals surface area contributed by atoms with Crippen LogP contribution < -0.4 is 4.90 Å². The minimum Gasteiger partial charge on any atom is -0.477 e. The van der Waals surface area contributed by atoms with Crippen LogP contribution in [0.2, 0.25) is 0 Å². The average Bonchev–Trinajstić information content (AvgIpc) is 3.27. The van der Waals surface area contributed by atoms with E-state index in [-0.39, 0.29) is 11.1 Å². The van der Waals surface area contributed by atoms with Crippen molar-refractivity contribution >= 4 is 11.8 Å². The van der Waals surface area contributed by atoms with Crippen LogP contribution in [0.1, 0.15) is 34.5 Å². The van der Waals surface area contributed by atoms with Crippen LogP contribution in [0.5, 0.6) is 0 Å². The quantitative estimate of drug-likeness (QED) is 0.919. The second-order valence-electron chi connectivity index (χ2n) is 5.98. The minimum absolute atomic E-state index is 0.108. The lowest BCUT2D eigenvalue weighted by Crippen LogP contribution is -2.38. The maximum atomic E-state index is 11.1. The fourth-order valence-corrected chi connectivity index (χ4v) is 3.35.